The van der Waals surface area contributed by atoms with E-state index in [0.29, 0.717) is 37.8 Å². The molecule has 0 radical (unpaired) electrons. The molecule has 1 saturated heterocycles. The van der Waals surface area contributed by atoms with Gasteiger partial charge in [0.15, 0.2) is 0 Å². The van der Waals surface area contributed by atoms with Crippen molar-refractivity contribution >= 4 is 15.9 Å². The fourth-order valence-electron chi connectivity index (χ4n) is 3.62. The Morgan fingerprint density at radius 2 is 1.73 bits per heavy atom. The van der Waals surface area contributed by atoms with Crippen LogP contribution in [0.3, 0.4) is 0 Å². The topological polar surface area (TPSA) is 75.7 Å². The van der Waals surface area contributed by atoms with Gasteiger partial charge in [-0.15, -0.1) is 0 Å². The highest BCUT2D eigenvalue weighted by atomic mass is 32.2. The molecule has 0 aliphatic carbocycles. The van der Waals surface area contributed by atoms with Crippen molar-refractivity contribution in [1.82, 2.24) is 9.62 Å². The van der Waals surface area contributed by atoms with Crippen molar-refractivity contribution in [3.8, 4) is 5.75 Å². The number of sulfonamides is 1. The molecule has 30 heavy (non-hydrogen) atoms. The Morgan fingerprint density at radius 1 is 1.10 bits per heavy atom. The van der Waals surface area contributed by atoms with Crippen molar-refractivity contribution in [3.63, 3.8) is 0 Å². The second-order valence-corrected chi connectivity index (χ2v) is 9.49. The van der Waals surface area contributed by atoms with Crippen LogP contribution in [0, 0.1) is 5.92 Å². The summed E-state index contributed by atoms with van der Waals surface area (Å²) in [5.74, 6) is 1.03. The normalized spacial score (nSPS) is 16.3. The molecule has 2 aromatic rings. The maximum atomic E-state index is 13.2. The highest BCUT2D eigenvalue weighted by molar-refractivity contribution is 7.89. The van der Waals surface area contributed by atoms with E-state index in [4.69, 9.17) is 4.74 Å². The molecule has 162 valence electrons. The molecule has 1 N–H and O–H groups in total. The molecule has 3 rings (SSSR count). The number of likely N-dealkylation sites (tertiary alicyclic amines) is 1. The molecule has 1 aliphatic rings. The van der Waals surface area contributed by atoms with Gasteiger partial charge in [0.1, 0.15) is 11.8 Å². The van der Waals surface area contributed by atoms with E-state index < -0.39 is 16.1 Å². The molecule has 0 spiro atoms. The first kappa shape index (κ1) is 22.3. The molecule has 0 aromatic heterocycles. The van der Waals surface area contributed by atoms with Gasteiger partial charge in [-0.2, -0.15) is 4.72 Å². The van der Waals surface area contributed by atoms with Crippen LogP contribution in [0.4, 0.5) is 0 Å². The first-order valence-corrected chi connectivity index (χ1v) is 11.9. The SMILES string of the molecule is CCOc1ccc(S(=O)(=O)NC(Cc2ccccc2)C(=O)N2CCC(C)CC2)cc1. The molecular formula is C23H30N2O4S. The summed E-state index contributed by atoms with van der Waals surface area (Å²) in [4.78, 5) is 15.1. The van der Waals surface area contributed by atoms with Crippen molar-refractivity contribution in [3.05, 3.63) is 60.2 Å². The number of hydrogen-bond donors (Lipinski definition) is 1. The molecule has 1 unspecified atom stereocenters. The van der Waals surface area contributed by atoms with Crippen molar-refractivity contribution in [2.45, 2.75) is 44.0 Å². The lowest BCUT2D eigenvalue weighted by Crippen LogP contribution is -2.51. The second-order valence-electron chi connectivity index (χ2n) is 7.78. The summed E-state index contributed by atoms with van der Waals surface area (Å²) in [6, 6.07) is 14.9. The largest absolute Gasteiger partial charge is 0.494 e. The summed E-state index contributed by atoms with van der Waals surface area (Å²) < 4.78 is 34.1. The Hall–Kier alpha value is -2.38. The Bertz CT molecular complexity index is 921. The predicted octanol–water partition coefficient (Wildman–Crippen LogP) is 3.23. The number of ether oxygens (including phenoxy) is 1. The van der Waals surface area contributed by atoms with E-state index >= 15 is 0 Å². The van der Waals surface area contributed by atoms with E-state index in [2.05, 4.69) is 11.6 Å². The Labute approximate surface area is 179 Å². The molecule has 0 bridgehead atoms. The molecular weight excluding hydrogens is 400 g/mol. The molecule has 0 saturated carbocycles. The van der Waals surface area contributed by atoms with Crippen molar-refractivity contribution < 1.29 is 17.9 Å². The molecule has 1 aliphatic heterocycles. The van der Waals surface area contributed by atoms with Gasteiger partial charge in [0.05, 0.1) is 11.5 Å². The first-order valence-electron chi connectivity index (χ1n) is 10.5. The van der Waals surface area contributed by atoms with Gasteiger partial charge in [0.2, 0.25) is 15.9 Å². The Morgan fingerprint density at radius 3 is 2.33 bits per heavy atom. The van der Waals surface area contributed by atoms with E-state index in [0.717, 1.165) is 18.4 Å². The van der Waals surface area contributed by atoms with Gasteiger partial charge in [-0.25, -0.2) is 8.42 Å². The average Bonchev–Trinajstić information content (AvgIpc) is 2.74. The number of carbonyl (C=O) groups is 1. The van der Waals surface area contributed by atoms with Crippen LogP contribution in [0.1, 0.15) is 32.3 Å². The number of nitrogens with one attached hydrogen (secondary N) is 1. The zero-order valence-electron chi connectivity index (χ0n) is 17.6. The number of carbonyl (C=O) groups excluding carboxylic acids is 1. The van der Waals surface area contributed by atoms with Gasteiger partial charge in [0.25, 0.3) is 0 Å². The van der Waals surface area contributed by atoms with Crippen LogP contribution in [0.25, 0.3) is 0 Å². The summed E-state index contributed by atoms with van der Waals surface area (Å²) in [6.07, 6.45) is 2.19. The van der Waals surface area contributed by atoms with Gasteiger partial charge in [-0.05, 0) is 61.9 Å². The van der Waals surface area contributed by atoms with Crippen LogP contribution in [0.2, 0.25) is 0 Å². The van der Waals surface area contributed by atoms with Crippen LogP contribution >= 0.6 is 0 Å². The molecule has 6 nitrogen and oxygen atoms in total. The number of piperidine rings is 1. The third-order valence-corrected chi connectivity index (χ3v) is 6.91. The molecule has 2 aromatic carbocycles. The quantitative estimate of drug-likeness (QED) is 0.698. The fraction of sp³-hybridized carbons (Fsp3) is 0.435. The standard InChI is InChI=1S/C23H30N2O4S/c1-3-29-20-9-11-21(12-10-20)30(27,28)24-22(17-19-7-5-4-6-8-19)23(26)25-15-13-18(2)14-16-25/h4-12,18,22,24H,3,13-17H2,1-2H3. The highest BCUT2D eigenvalue weighted by Crippen LogP contribution is 2.20. The van der Waals surface area contributed by atoms with Gasteiger partial charge >= 0.3 is 0 Å². The maximum Gasteiger partial charge on any atom is 0.241 e. The van der Waals surface area contributed by atoms with E-state index in [9.17, 15) is 13.2 Å². The molecule has 1 atom stereocenters. The number of hydrogen-bond acceptors (Lipinski definition) is 4. The summed E-state index contributed by atoms with van der Waals surface area (Å²) >= 11 is 0. The number of amides is 1. The summed E-state index contributed by atoms with van der Waals surface area (Å²) in [7, 11) is -3.86. The van der Waals surface area contributed by atoms with Gasteiger partial charge in [-0.3, -0.25) is 4.79 Å². The average molecular weight is 431 g/mol. The fourth-order valence-corrected chi connectivity index (χ4v) is 4.80. The van der Waals surface area contributed by atoms with Crippen LogP contribution in [0.5, 0.6) is 5.75 Å². The van der Waals surface area contributed by atoms with E-state index in [1.54, 1.807) is 17.0 Å². The molecule has 7 heteroatoms. The maximum absolute atomic E-state index is 13.2. The minimum absolute atomic E-state index is 0.115. The first-order chi connectivity index (χ1) is 14.4. The number of benzene rings is 2. The lowest BCUT2D eigenvalue weighted by atomic mass is 9.98. The molecule has 1 fully saturated rings. The van der Waals surface area contributed by atoms with Gasteiger partial charge < -0.3 is 9.64 Å². The third kappa shape index (κ3) is 5.83. The minimum Gasteiger partial charge on any atom is -0.494 e. The zero-order chi connectivity index (χ0) is 21.6. The minimum atomic E-state index is -3.86. The molecule has 1 heterocycles. The van der Waals surface area contributed by atoms with E-state index in [1.807, 2.05) is 37.3 Å². The van der Waals surface area contributed by atoms with Crippen LogP contribution in [0.15, 0.2) is 59.5 Å². The third-order valence-electron chi connectivity index (χ3n) is 5.42. The predicted molar refractivity (Wildman–Crippen MR) is 117 cm³/mol. The van der Waals surface area contributed by atoms with Crippen LogP contribution in [-0.2, 0) is 21.2 Å². The lowest BCUT2D eigenvalue weighted by Gasteiger charge is -2.33. The van der Waals surface area contributed by atoms with Crippen molar-refractivity contribution in [2.24, 2.45) is 5.92 Å². The van der Waals surface area contributed by atoms with Gasteiger partial charge in [0, 0.05) is 13.1 Å². The Balaban J connectivity index is 1.80. The second kappa shape index (κ2) is 10.1. The summed E-state index contributed by atoms with van der Waals surface area (Å²) in [5, 5.41) is 0. The van der Waals surface area contributed by atoms with Crippen LogP contribution < -0.4 is 9.46 Å². The molecule has 1 amide bonds. The number of rotatable bonds is 8. The van der Waals surface area contributed by atoms with E-state index in [-0.39, 0.29) is 10.8 Å². The summed E-state index contributed by atoms with van der Waals surface area (Å²) in [5.41, 5.74) is 0.913. The Kier molecular flexibility index (Phi) is 7.50. The van der Waals surface area contributed by atoms with Crippen LogP contribution in [-0.4, -0.2) is 45.0 Å². The highest BCUT2D eigenvalue weighted by Gasteiger charge is 2.31. The number of nitrogens with zero attached hydrogens (tertiary/aromatic N) is 1. The monoisotopic (exact) mass is 430 g/mol. The van der Waals surface area contributed by atoms with Gasteiger partial charge in [-0.1, -0.05) is 37.3 Å². The lowest BCUT2D eigenvalue weighted by molar-refractivity contribution is -0.134. The van der Waals surface area contributed by atoms with Crippen molar-refractivity contribution in [1.29, 1.82) is 0 Å². The smallest absolute Gasteiger partial charge is 0.241 e. The zero-order valence-corrected chi connectivity index (χ0v) is 18.4. The van der Waals surface area contributed by atoms with Crippen molar-refractivity contribution in [2.75, 3.05) is 19.7 Å². The summed E-state index contributed by atoms with van der Waals surface area (Å²) in [6.45, 7) is 5.88. The van der Waals surface area contributed by atoms with E-state index in [1.165, 1.54) is 12.1 Å².